The van der Waals surface area contributed by atoms with Gasteiger partial charge in [0.25, 0.3) is 5.91 Å². The molecule has 6 nitrogen and oxygen atoms in total. The van der Waals surface area contributed by atoms with Crippen molar-refractivity contribution in [3.8, 4) is 0 Å². The Morgan fingerprint density at radius 1 is 1.14 bits per heavy atom. The maximum absolute atomic E-state index is 12.5. The van der Waals surface area contributed by atoms with E-state index in [0.717, 1.165) is 45.3 Å². The highest BCUT2D eigenvalue weighted by Gasteiger charge is 2.32. The standard InChI is InChI=1S/C15H22N4O2/c1-17-10-13(9-16-17)15(21)19-8-4-5-12(11-19)14(20)18-6-2-3-7-18/h9-10,12H,2-8,11H2,1H3. The van der Waals surface area contributed by atoms with Crippen LogP contribution in [0.1, 0.15) is 36.0 Å². The summed E-state index contributed by atoms with van der Waals surface area (Å²) in [6, 6.07) is 0. The van der Waals surface area contributed by atoms with Crippen LogP contribution in [0.5, 0.6) is 0 Å². The Hall–Kier alpha value is -1.85. The van der Waals surface area contributed by atoms with E-state index < -0.39 is 0 Å². The molecule has 0 saturated carbocycles. The Bertz CT molecular complexity index is 534. The van der Waals surface area contributed by atoms with Crippen molar-refractivity contribution in [3.05, 3.63) is 18.0 Å². The SMILES string of the molecule is Cn1cc(C(=O)N2CCCC(C(=O)N3CCCC3)C2)cn1. The third kappa shape index (κ3) is 2.94. The number of rotatable bonds is 2. The molecule has 2 aliphatic rings. The number of piperidine rings is 1. The predicted octanol–water partition coefficient (Wildman–Crippen LogP) is 0.895. The Balaban J connectivity index is 1.65. The zero-order valence-corrected chi connectivity index (χ0v) is 12.5. The van der Waals surface area contributed by atoms with Crippen LogP contribution in [0.2, 0.25) is 0 Å². The maximum Gasteiger partial charge on any atom is 0.257 e. The van der Waals surface area contributed by atoms with E-state index in [1.54, 1.807) is 29.0 Å². The van der Waals surface area contributed by atoms with Crippen molar-refractivity contribution in [2.45, 2.75) is 25.7 Å². The largest absolute Gasteiger partial charge is 0.342 e. The summed E-state index contributed by atoms with van der Waals surface area (Å²) < 4.78 is 1.63. The Labute approximate surface area is 124 Å². The first-order chi connectivity index (χ1) is 10.1. The summed E-state index contributed by atoms with van der Waals surface area (Å²) in [7, 11) is 1.80. The van der Waals surface area contributed by atoms with Gasteiger partial charge in [-0.15, -0.1) is 0 Å². The molecule has 0 radical (unpaired) electrons. The molecular weight excluding hydrogens is 268 g/mol. The number of amides is 2. The van der Waals surface area contributed by atoms with E-state index in [4.69, 9.17) is 0 Å². The second-order valence-electron chi connectivity index (χ2n) is 6.03. The zero-order chi connectivity index (χ0) is 14.8. The lowest BCUT2D eigenvalue weighted by Crippen LogP contribution is -2.46. The molecule has 2 aliphatic heterocycles. The summed E-state index contributed by atoms with van der Waals surface area (Å²) in [4.78, 5) is 28.7. The van der Waals surface area contributed by atoms with Crippen molar-refractivity contribution >= 4 is 11.8 Å². The average Bonchev–Trinajstić information content (AvgIpc) is 3.17. The van der Waals surface area contributed by atoms with E-state index in [1.165, 1.54) is 0 Å². The quantitative estimate of drug-likeness (QED) is 0.813. The highest BCUT2D eigenvalue weighted by molar-refractivity contribution is 5.94. The molecule has 0 aliphatic carbocycles. The number of hydrogen-bond donors (Lipinski definition) is 0. The van der Waals surface area contributed by atoms with Gasteiger partial charge in [-0.3, -0.25) is 14.3 Å². The van der Waals surface area contributed by atoms with Crippen LogP contribution in [-0.2, 0) is 11.8 Å². The van der Waals surface area contributed by atoms with Crippen molar-refractivity contribution in [2.75, 3.05) is 26.2 Å². The van der Waals surface area contributed by atoms with Crippen LogP contribution < -0.4 is 0 Å². The lowest BCUT2D eigenvalue weighted by atomic mass is 9.96. The summed E-state index contributed by atoms with van der Waals surface area (Å²) in [5, 5.41) is 4.04. The van der Waals surface area contributed by atoms with Crippen molar-refractivity contribution in [1.82, 2.24) is 19.6 Å². The van der Waals surface area contributed by atoms with Crippen molar-refractivity contribution in [2.24, 2.45) is 13.0 Å². The first-order valence-corrected chi connectivity index (χ1v) is 7.72. The molecule has 3 rings (SSSR count). The molecule has 2 saturated heterocycles. The normalized spacial score (nSPS) is 22.6. The van der Waals surface area contributed by atoms with Gasteiger partial charge in [-0.1, -0.05) is 0 Å². The number of aromatic nitrogens is 2. The van der Waals surface area contributed by atoms with Gasteiger partial charge in [-0.2, -0.15) is 5.10 Å². The van der Waals surface area contributed by atoms with Gasteiger partial charge in [0.15, 0.2) is 0 Å². The predicted molar refractivity (Wildman–Crippen MR) is 77.6 cm³/mol. The van der Waals surface area contributed by atoms with Gasteiger partial charge >= 0.3 is 0 Å². The molecule has 114 valence electrons. The molecule has 3 heterocycles. The van der Waals surface area contributed by atoms with Crippen molar-refractivity contribution < 1.29 is 9.59 Å². The highest BCUT2D eigenvalue weighted by Crippen LogP contribution is 2.22. The van der Waals surface area contributed by atoms with Crippen LogP contribution in [0.25, 0.3) is 0 Å². The molecule has 1 aromatic rings. The van der Waals surface area contributed by atoms with Gasteiger partial charge in [0.05, 0.1) is 17.7 Å². The van der Waals surface area contributed by atoms with Crippen molar-refractivity contribution in [1.29, 1.82) is 0 Å². The maximum atomic E-state index is 12.5. The van der Waals surface area contributed by atoms with E-state index in [9.17, 15) is 9.59 Å². The molecule has 0 N–H and O–H groups in total. The van der Waals surface area contributed by atoms with E-state index in [0.29, 0.717) is 12.1 Å². The van der Waals surface area contributed by atoms with Gasteiger partial charge in [-0.05, 0) is 25.7 Å². The molecule has 2 fully saturated rings. The minimum atomic E-state index is -0.0301. The number of likely N-dealkylation sites (tertiary alicyclic amines) is 2. The topological polar surface area (TPSA) is 58.4 Å². The summed E-state index contributed by atoms with van der Waals surface area (Å²) in [5.74, 6) is 0.190. The van der Waals surface area contributed by atoms with Gasteiger partial charge in [0, 0.05) is 39.4 Å². The van der Waals surface area contributed by atoms with Gasteiger partial charge in [-0.25, -0.2) is 0 Å². The van der Waals surface area contributed by atoms with E-state index in [2.05, 4.69) is 5.10 Å². The second-order valence-corrected chi connectivity index (χ2v) is 6.03. The summed E-state index contributed by atoms with van der Waals surface area (Å²) in [6.07, 6.45) is 7.33. The lowest BCUT2D eigenvalue weighted by molar-refractivity contribution is -0.135. The van der Waals surface area contributed by atoms with Crippen LogP contribution in [0.3, 0.4) is 0 Å². The minimum Gasteiger partial charge on any atom is -0.342 e. The fraction of sp³-hybridized carbons (Fsp3) is 0.667. The van der Waals surface area contributed by atoms with Crippen LogP contribution >= 0.6 is 0 Å². The molecule has 1 aromatic heterocycles. The Morgan fingerprint density at radius 2 is 1.86 bits per heavy atom. The lowest BCUT2D eigenvalue weighted by Gasteiger charge is -2.33. The Morgan fingerprint density at radius 3 is 2.52 bits per heavy atom. The first kappa shape index (κ1) is 14.1. The molecule has 6 heteroatoms. The van der Waals surface area contributed by atoms with Gasteiger partial charge < -0.3 is 9.80 Å². The van der Waals surface area contributed by atoms with Crippen LogP contribution in [0.15, 0.2) is 12.4 Å². The van der Waals surface area contributed by atoms with E-state index in [-0.39, 0.29) is 17.7 Å². The first-order valence-electron chi connectivity index (χ1n) is 7.72. The van der Waals surface area contributed by atoms with Gasteiger partial charge in [0.2, 0.25) is 5.91 Å². The fourth-order valence-electron chi connectivity index (χ4n) is 3.27. The molecule has 0 aromatic carbocycles. The number of carbonyl (C=O) groups excluding carboxylic acids is 2. The second kappa shape index (κ2) is 5.87. The monoisotopic (exact) mass is 290 g/mol. The molecule has 21 heavy (non-hydrogen) atoms. The summed E-state index contributed by atoms with van der Waals surface area (Å²) >= 11 is 0. The number of carbonyl (C=O) groups is 2. The Kier molecular flexibility index (Phi) is 3.94. The fourth-order valence-corrected chi connectivity index (χ4v) is 3.27. The zero-order valence-electron chi connectivity index (χ0n) is 12.5. The van der Waals surface area contributed by atoms with E-state index in [1.807, 2.05) is 4.90 Å². The smallest absolute Gasteiger partial charge is 0.257 e. The number of aryl methyl sites for hydroxylation is 1. The van der Waals surface area contributed by atoms with E-state index >= 15 is 0 Å². The van der Waals surface area contributed by atoms with Crippen LogP contribution in [0.4, 0.5) is 0 Å². The molecule has 1 unspecified atom stereocenters. The number of nitrogens with zero attached hydrogens (tertiary/aromatic N) is 4. The third-order valence-corrected chi connectivity index (χ3v) is 4.43. The molecule has 0 bridgehead atoms. The van der Waals surface area contributed by atoms with Gasteiger partial charge in [0.1, 0.15) is 0 Å². The minimum absolute atomic E-state index is 0.0120. The molecule has 1 atom stereocenters. The third-order valence-electron chi connectivity index (χ3n) is 4.43. The number of hydrogen-bond acceptors (Lipinski definition) is 3. The molecular formula is C15H22N4O2. The molecule has 2 amide bonds. The van der Waals surface area contributed by atoms with Crippen LogP contribution in [0, 0.1) is 5.92 Å². The summed E-state index contributed by atoms with van der Waals surface area (Å²) in [6.45, 7) is 3.04. The summed E-state index contributed by atoms with van der Waals surface area (Å²) in [5.41, 5.74) is 0.603. The average molecular weight is 290 g/mol. The highest BCUT2D eigenvalue weighted by atomic mass is 16.2. The van der Waals surface area contributed by atoms with Crippen molar-refractivity contribution in [3.63, 3.8) is 0 Å². The molecule has 0 spiro atoms. The van der Waals surface area contributed by atoms with Crippen LogP contribution in [-0.4, -0.2) is 57.6 Å².